The summed E-state index contributed by atoms with van der Waals surface area (Å²) in [5.41, 5.74) is 2.46. The molecule has 0 saturated carbocycles. The second-order valence-corrected chi connectivity index (χ2v) is 4.56. The zero-order chi connectivity index (χ0) is 13.8. The molecule has 0 aliphatic heterocycles. The smallest absolute Gasteiger partial charge is 0.337 e. The van der Waals surface area contributed by atoms with E-state index >= 15 is 0 Å². The number of rotatable bonds is 4. The first-order valence-corrected chi connectivity index (χ1v) is 6.13. The third kappa shape index (κ3) is 3.45. The number of aryl methyl sites for hydroxylation is 1. The van der Waals surface area contributed by atoms with Crippen molar-refractivity contribution < 1.29 is 9.90 Å². The molecule has 0 radical (unpaired) electrons. The first kappa shape index (κ1) is 13.4. The molecule has 1 heterocycles. The van der Waals surface area contributed by atoms with Crippen LogP contribution in [0, 0.1) is 6.92 Å². The molecule has 0 atom stereocenters. The lowest BCUT2D eigenvalue weighted by molar-refractivity contribution is 0.0698. The highest BCUT2D eigenvalue weighted by molar-refractivity contribution is 6.31. The third-order valence-electron chi connectivity index (χ3n) is 2.62. The number of aromatic carboxylic acids is 1. The third-order valence-corrected chi connectivity index (χ3v) is 2.85. The van der Waals surface area contributed by atoms with E-state index in [1.54, 1.807) is 12.1 Å². The molecule has 1 aromatic heterocycles. The van der Waals surface area contributed by atoms with Crippen LogP contribution in [0.1, 0.15) is 21.7 Å². The first-order valence-electron chi connectivity index (χ1n) is 5.75. The van der Waals surface area contributed by atoms with Crippen molar-refractivity contribution in [3.05, 3.63) is 58.4 Å². The van der Waals surface area contributed by atoms with Gasteiger partial charge in [0.1, 0.15) is 0 Å². The van der Waals surface area contributed by atoms with Gasteiger partial charge in [0.05, 0.1) is 17.8 Å². The Morgan fingerprint density at radius 1 is 1.37 bits per heavy atom. The molecular formula is C14H13ClN2O2. The van der Waals surface area contributed by atoms with Crippen molar-refractivity contribution in [3.63, 3.8) is 0 Å². The lowest BCUT2D eigenvalue weighted by atomic mass is 10.1. The van der Waals surface area contributed by atoms with E-state index in [-0.39, 0.29) is 5.56 Å². The molecule has 0 fully saturated rings. The Morgan fingerprint density at radius 3 is 2.84 bits per heavy atom. The van der Waals surface area contributed by atoms with Crippen LogP contribution >= 0.6 is 11.6 Å². The van der Waals surface area contributed by atoms with Crippen molar-refractivity contribution in [2.45, 2.75) is 13.5 Å². The number of hydrogen-bond donors (Lipinski definition) is 2. The normalized spacial score (nSPS) is 10.2. The number of carbonyl (C=O) groups is 1. The van der Waals surface area contributed by atoms with Crippen LogP contribution in [0.4, 0.5) is 5.69 Å². The number of benzene rings is 1. The topological polar surface area (TPSA) is 62.2 Å². The van der Waals surface area contributed by atoms with Gasteiger partial charge in [0, 0.05) is 16.4 Å². The highest BCUT2D eigenvalue weighted by atomic mass is 35.5. The Labute approximate surface area is 116 Å². The Morgan fingerprint density at radius 2 is 2.16 bits per heavy atom. The maximum Gasteiger partial charge on any atom is 0.337 e. The summed E-state index contributed by atoms with van der Waals surface area (Å²) in [6.07, 6.45) is 0. The summed E-state index contributed by atoms with van der Waals surface area (Å²) in [6, 6.07) is 10.4. The lowest BCUT2D eigenvalue weighted by Gasteiger charge is -2.10. The second-order valence-electron chi connectivity index (χ2n) is 4.12. The van der Waals surface area contributed by atoms with Crippen LogP contribution in [0.5, 0.6) is 0 Å². The van der Waals surface area contributed by atoms with Gasteiger partial charge < -0.3 is 10.4 Å². The largest absolute Gasteiger partial charge is 0.478 e. The van der Waals surface area contributed by atoms with Crippen LogP contribution in [0.3, 0.4) is 0 Å². The van der Waals surface area contributed by atoms with Gasteiger partial charge in [-0.05, 0) is 37.3 Å². The minimum Gasteiger partial charge on any atom is -0.478 e. The van der Waals surface area contributed by atoms with Crippen molar-refractivity contribution in [3.8, 4) is 0 Å². The van der Waals surface area contributed by atoms with Crippen LogP contribution in [0.25, 0.3) is 0 Å². The number of aromatic nitrogens is 1. The van der Waals surface area contributed by atoms with E-state index in [2.05, 4.69) is 10.3 Å². The minimum atomic E-state index is -1.01. The predicted molar refractivity (Wildman–Crippen MR) is 74.7 cm³/mol. The molecule has 0 amide bonds. The molecule has 0 bridgehead atoms. The average Bonchev–Trinajstić information content (AvgIpc) is 2.37. The number of carboxylic acid groups (broad SMARTS) is 1. The van der Waals surface area contributed by atoms with E-state index in [0.29, 0.717) is 17.3 Å². The van der Waals surface area contributed by atoms with Gasteiger partial charge in [-0.15, -0.1) is 0 Å². The highest BCUT2D eigenvalue weighted by Gasteiger charge is 2.10. The fraction of sp³-hybridized carbons (Fsp3) is 0.143. The monoisotopic (exact) mass is 276 g/mol. The van der Waals surface area contributed by atoms with Gasteiger partial charge in [0.25, 0.3) is 0 Å². The van der Waals surface area contributed by atoms with Crippen LogP contribution in [0.2, 0.25) is 5.02 Å². The zero-order valence-corrected chi connectivity index (χ0v) is 11.1. The number of hydrogen-bond acceptors (Lipinski definition) is 3. The number of nitrogens with one attached hydrogen (secondary N) is 1. The molecule has 0 unspecified atom stereocenters. The molecule has 0 aliphatic carbocycles. The first-order chi connectivity index (χ1) is 9.06. The lowest BCUT2D eigenvalue weighted by Crippen LogP contribution is -2.07. The van der Waals surface area contributed by atoms with Crippen molar-refractivity contribution in [2.24, 2.45) is 0 Å². The number of anilines is 1. The van der Waals surface area contributed by atoms with Gasteiger partial charge in [-0.1, -0.05) is 17.7 Å². The summed E-state index contributed by atoms with van der Waals surface area (Å²) in [5, 5.41) is 12.6. The molecule has 2 aromatic rings. The van der Waals surface area contributed by atoms with Gasteiger partial charge in [-0.2, -0.15) is 0 Å². The molecule has 98 valence electrons. The van der Waals surface area contributed by atoms with Gasteiger partial charge in [-0.3, -0.25) is 4.98 Å². The van der Waals surface area contributed by atoms with Gasteiger partial charge in [-0.25, -0.2) is 4.79 Å². The standard InChI is InChI=1S/C14H13ClN2O2/c1-9-3-2-4-11(17-9)8-16-13-6-5-10(15)7-12(13)14(18)19/h2-7,16H,8H2,1H3,(H,18,19). The molecule has 1 aromatic carbocycles. The Kier molecular flexibility index (Phi) is 4.02. The maximum absolute atomic E-state index is 11.1. The molecule has 0 saturated heterocycles. The number of pyridine rings is 1. The fourth-order valence-corrected chi connectivity index (χ4v) is 1.90. The van der Waals surface area contributed by atoms with E-state index in [9.17, 15) is 4.79 Å². The maximum atomic E-state index is 11.1. The number of halogens is 1. The van der Waals surface area contributed by atoms with Gasteiger partial charge in [0.15, 0.2) is 0 Å². The van der Waals surface area contributed by atoms with Crippen LogP contribution in [-0.2, 0) is 6.54 Å². The van der Waals surface area contributed by atoms with Crippen molar-refractivity contribution in [1.29, 1.82) is 0 Å². The van der Waals surface area contributed by atoms with Crippen molar-refractivity contribution >= 4 is 23.3 Å². The molecule has 5 heteroatoms. The molecule has 0 aliphatic rings. The van der Waals surface area contributed by atoms with E-state index in [4.69, 9.17) is 16.7 Å². The van der Waals surface area contributed by atoms with Crippen LogP contribution in [0.15, 0.2) is 36.4 Å². The zero-order valence-electron chi connectivity index (χ0n) is 10.4. The van der Waals surface area contributed by atoms with Crippen molar-refractivity contribution in [1.82, 2.24) is 4.98 Å². The summed E-state index contributed by atoms with van der Waals surface area (Å²) in [7, 11) is 0. The second kappa shape index (κ2) is 5.71. The predicted octanol–water partition coefficient (Wildman–Crippen LogP) is 3.35. The summed E-state index contributed by atoms with van der Waals surface area (Å²) >= 11 is 5.80. The molecule has 0 spiro atoms. The number of nitrogens with zero attached hydrogens (tertiary/aromatic N) is 1. The Hall–Kier alpha value is -2.07. The van der Waals surface area contributed by atoms with Crippen LogP contribution in [-0.4, -0.2) is 16.1 Å². The highest BCUT2D eigenvalue weighted by Crippen LogP contribution is 2.21. The van der Waals surface area contributed by atoms with E-state index < -0.39 is 5.97 Å². The van der Waals surface area contributed by atoms with E-state index in [1.807, 2.05) is 25.1 Å². The minimum absolute atomic E-state index is 0.153. The average molecular weight is 277 g/mol. The fourth-order valence-electron chi connectivity index (χ4n) is 1.73. The Bertz CT molecular complexity index is 614. The molecule has 2 rings (SSSR count). The summed E-state index contributed by atoms with van der Waals surface area (Å²) in [5.74, 6) is -1.01. The molecule has 2 N–H and O–H groups in total. The summed E-state index contributed by atoms with van der Waals surface area (Å²) in [4.78, 5) is 15.5. The quantitative estimate of drug-likeness (QED) is 0.899. The van der Waals surface area contributed by atoms with E-state index in [0.717, 1.165) is 11.4 Å². The summed E-state index contributed by atoms with van der Waals surface area (Å²) < 4.78 is 0. The van der Waals surface area contributed by atoms with E-state index in [1.165, 1.54) is 6.07 Å². The SMILES string of the molecule is Cc1cccc(CNc2ccc(Cl)cc2C(=O)O)n1. The van der Waals surface area contributed by atoms with Crippen molar-refractivity contribution in [2.75, 3.05) is 5.32 Å². The number of carboxylic acids is 1. The molecule has 19 heavy (non-hydrogen) atoms. The van der Waals surface area contributed by atoms with Crippen LogP contribution < -0.4 is 5.32 Å². The Balaban J connectivity index is 2.17. The van der Waals surface area contributed by atoms with Gasteiger partial charge >= 0.3 is 5.97 Å². The van der Waals surface area contributed by atoms with Gasteiger partial charge in [0.2, 0.25) is 0 Å². The molecular weight excluding hydrogens is 264 g/mol. The summed E-state index contributed by atoms with van der Waals surface area (Å²) in [6.45, 7) is 2.37. The molecule has 4 nitrogen and oxygen atoms in total.